The number of halogens is 1. The van der Waals surface area contributed by atoms with Crippen LogP contribution < -0.4 is 0 Å². The average molecular weight is 291 g/mol. The van der Waals surface area contributed by atoms with Gasteiger partial charge in [0, 0.05) is 17.2 Å². The lowest BCUT2D eigenvalue weighted by molar-refractivity contribution is 0.763. The van der Waals surface area contributed by atoms with Crippen LogP contribution in [0.3, 0.4) is 0 Å². The number of rotatable bonds is 4. The zero-order valence-electron chi connectivity index (χ0n) is 10.8. The second kappa shape index (κ2) is 5.35. The second-order valence-electron chi connectivity index (χ2n) is 4.62. The van der Waals surface area contributed by atoms with Gasteiger partial charge in [-0.3, -0.25) is 0 Å². The molecule has 0 amide bonds. The first kappa shape index (κ1) is 12.7. The van der Waals surface area contributed by atoms with Crippen LogP contribution in [0.4, 0.5) is 0 Å². The Morgan fingerprint density at radius 3 is 2.95 bits per heavy atom. The van der Waals surface area contributed by atoms with E-state index in [9.17, 15) is 0 Å². The summed E-state index contributed by atoms with van der Waals surface area (Å²) in [7, 11) is 0. The maximum atomic E-state index is 5.90. The third-order valence-corrected chi connectivity index (χ3v) is 4.25. The molecule has 98 valence electrons. The van der Waals surface area contributed by atoms with Crippen molar-refractivity contribution in [1.82, 2.24) is 9.55 Å². The SMILES string of the molecule is Cc1ccc2c(c1)nc(CCCl)n2Cc1cccs1. The summed E-state index contributed by atoms with van der Waals surface area (Å²) in [4.78, 5) is 6.07. The minimum absolute atomic E-state index is 0.604. The average Bonchev–Trinajstić information content (AvgIpc) is 2.99. The van der Waals surface area contributed by atoms with Gasteiger partial charge >= 0.3 is 0 Å². The molecule has 0 radical (unpaired) electrons. The van der Waals surface area contributed by atoms with Gasteiger partial charge in [-0.05, 0) is 36.1 Å². The fraction of sp³-hybridized carbons (Fsp3) is 0.267. The summed E-state index contributed by atoms with van der Waals surface area (Å²) >= 11 is 7.68. The summed E-state index contributed by atoms with van der Waals surface area (Å²) in [6.07, 6.45) is 0.806. The minimum atomic E-state index is 0.604. The number of benzene rings is 1. The lowest BCUT2D eigenvalue weighted by Gasteiger charge is -2.07. The van der Waals surface area contributed by atoms with E-state index < -0.39 is 0 Å². The summed E-state index contributed by atoms with van der Waals surface area (Å²) in [6.45, 7) is 2.97. The molecule has 2 aromatic heterocycles. The fourth-order valence-electron chi connectivity index (χ4n) is 2.30. The summed E-state index contributed by atoms with van der Waals surface area (Å²) in [5.74, 6) is 1.68. The highest BCUT2D eigenvalue weighted by atomic mass is 35.5. The summed E-state index contributed by atoms with van der Waals surface area (Å²) in [6, 6.07) is 10.7. The van der Waals surface area contributed by atoms with Crippen molar-refractivity contribution in [3.63, 3.8) is 0 Å². The van der Waals surface area contributed by atoms with Gasteiger partial charge in [0.1, 0.15) is 5.82 Å². The van der Waals surface area contributed by atoms with Crippen LogP contribution in [0, 0.1) is 6.92 Å². The first-order valence-electron chi connectivity index (χ1n) is 6.32. The second-order valence-corrected chi connectivity index (χ2v) is 6.03. The maximum absolute atomic E-state index is 5.90. The van der Waals surface area contributed by atoms with Crippen molar-refractivity contribution < 1.29 is 0 Å². The normalized spacial score (nSPS) is 11.3. The molecule has 3 rings (SSSR count). The number of hydrogen-bond donors (Lipinski definition) is 0. The van der Waals surface area contributed by atoms with Crippen molar-refractivity contribution >= 4 is 34.0 Å². The third kappa shape index (κ3) is 2.53. The first-order valence-corrected chi connectivity index (χ1v) is 7.73. The Balaban J connectivity index is 2.10. The van der Waals surface area contributed by atoms with Gasteiger partial charge in [-0.1, -0.05) is 12.1 Å². The van der Waals surface area contributed by atoms with Crippen molar-refractivity contribution in [2.75, 3.05) is 5.88 Å². The predicted molar refractivity (Wildman–Crippen MR) is 82.3 cm³/mol. The molecule has 0 atom stereocenters. The molecule has 1 aromatic carbocycles. The van der Waals surface area contributed by atoms with Crippen LogP contribution in [0.1, 0.15) is 16.3 Å². The molecule has 0 fully saturated rings. The van der Waals surface area contributed by atoms with Gasteiger partial charge < -0.3 is 4.57 Å². The Morgan fingerprint density at radius 1 is 1.32 bits per heavy atom. The van der Waals surface area contributed by atoms with Crippen molar-refractivity contribution in [3.8, 4) is 0 Å². The largest absolute Gasteiger partial charge is 0.323 e. The van der Waals surface area contributed by atoms with Gasteiger partial charge in [0.25, 0.3) is 0 Å². The van der Waals surface area contributed by atoms with Crippen LogP contribution in [0.15, 0.2) is 35.7 Å². The summed E-state index contributed by atoms with van der Waals surface area (Å²) in [5, 5.41) is 2.11. The number of aromatic nitrogens is 2. The van der Waals surface area contributed by atoms with Crippen molar-refractivity contribution in [1.29, 1.82) is 0 Å². The number of nitrogens with zero attached hydrogens (tertiary/aromatic N) is 2. The molecule has 19 heavy (non-hydrogen) atoms. The predicted octanol–water partition coefficient (Wildman–Crippen LogP) is 4.24. The van der Waals surface area contributed by atoms with E-state index in [4.69, 9.17) is 16.6 Å². The Bertz CT molecular complexity index is 686. The highest BCUT2D eigenvalue weighted by molar-refractivity contribution is 7.09. The highest BCUT2D eigenvalue weighted by Crippen LogP contribution is 2.21. The van der Waals surface area contributed by atoms with Gasteiger partial charge in [0.15, 0.2) is 0 Å². The fourth-order valence-corrected chi connectivity index (χ4v) is 3.16. The van der Waals surface area contributed by atoms with Crippen molar-refractivity contribution in [3.05, 3.63) is 52.0 Å². The number of aryl methyl sites for hydroxylation is 2. The molecule has 0 aliphatic heterocycles. The van der Waals surface area contributed by atoms with Crippen LogP contribution >= 0.6 is 22.9 Å². The molecule has 0 N–H and O–H groups in total. The molecule has 0 unspecified atom stereocenters. The lowest BCUT2D eigenvalue weighted by atomic mass is 10.2. The van der Waals surface area contributed by atoms with E-state index in [2.05, 4.69) is 47.2 Å². The Kier molecular flexibility index (Phi) is 3.58. The van der Waals surface area contributed by atoms with E-state index in [-0.39, 0.29) is 0 Å². The van der Waals surface area contributed by atoms with Crippen molar-refractivity contribution in [2.45, 2.75) is 19.9 Å². The van der Waals surface area contributed by atoms with Crippen LogP contribution in [-0.4, -0.2) is 15.4 Å². The van der Waals surface area contributed by atoms with E-state index in [1.54, 1.807) is 11.3 Å². The molecule has 0 bridgehead atoms. The molecule has 0 aliphatic carbocycles. The topological polar surface area (TPSA) is 17.8 Å². The lowest BCUT2D eigenvalue weighted by Crippen LogP contribution is -2.04. The molecule has 0 saturated carbocycles. The van der Waals surface area contributed by atoms with E-state index in [1.807, 2.05) is 0 Å². The monoisotopic (exact) mass is 290 g/mol. The zero-order valence-corrected chi connectivity index (χ0v) is 12.3. The number of hydrogen-bond acceptors (Lipinski definition) is 2. The van der Waals surface area contributed by atoms with Crippen molar-refractivity contribution in [2.24, 2.45) is 0 Å². The van der Waals surface area contributed by atoms with Crippen LogP contribution in [0.2, 0.25) is 0 Å². The number of imidazole rings is 1. The standard InChI is InChI=1S/C15H15ClN2S/c1-11-4-5-14-13(9-11)17-15(6-7-16)18(14)10-12-3-2-8-19-12/h2-5,8-9H,6-7,10H2,1H3. The van der Waals surface area contributed by atoms with Gasteiger partial charge in [-0.2, -0.15) is 0 Å². The molecule has 3 aromatic rings. The van der Waals surface area contributed by atoms with Crippen LogP contribution in [0.5, 0.6) is 0 Å². The zero-order chi connectivity index (χ0) is 13.2. The van der Waals surface area contributed by atoms with Crippen LogP contribution in [0.25, 0.3) is 11.0 Å². The molecule has 4 heteroatoms. The molecular formula is C15H15ClN2S. The van der Waals surface area contributed by atoms with Crippen LogP contribution in [-0.2, 0) is 13.0 Å². The molecular weight excluding hydrogens is 276 g/mol. The Labute approximate surface area is 121 Å². The van der Waals surface area contributed by atoms with Gasteiger partial charge in [-0.25, -0.2) is 4.98 Å². The molecule has 0 saturated heterocycles. The van der Waals surface area contributed by atoms with Gasteiger partial charge in [0.2, 0.25) is 0 Å². The van der Waals surface area contributed by atoms with E-state index in [0.717, 1.165) is 24.3 Å². The quantitative estimate of drug-likeness (QED) is 0.657. The van der Waals surface area contributed by atoms with Gasteiger partial charge in [0.05, 0.1) is 17.6 Å². The Morgan fingerprint density at radius 2 is 2.21 bits per heavy atom. The third-order valence-electron chi connectivity index (χ3n) is 3.19. The summed E-state index contributed by atoms with van der Waals surface area (Å²) in [5.41, 5.74) is 3.50. The molecule has 0 aliphatic rings. The van der Waals surface area contributed by atoms with E-state index in [1.165, 1.54) is 16.0 Å². The van der Waals surface area contributed by atoms with Gasteiger partial charge in [-0.15, -0.1) is 22.9 Å². The molecule has 2 heterocycles. The molecule has 2 nitrogen and oxygen atoms in total. The number of fused-ring (bicyclic) bond motifs is 1. The molecule has 0 spiro atoms. The number of alkyl halides is 1. The number of thiophene rings is 1. The highest BCUT2D eigenvalue weighted by Gasteiger charge is 2.11. The van der Waals surface area contributed by atoms with E-state index in [0.29, 0.717) is 5.88 Å². The first-order chi connectivity index (χ1) is 9.28. The summed E-state index contributed by atoms with van der Waals surface area (Å²) < 4.78 is 2.28. The smallest absolute Gasteiger partial charge is 0.111 e. The minimum Gasteiger partial charge on any atom is -0.323 e. The van der Waals surface area contributed by atoms with E-state index >= 15 is 0 Å². The maximum Gasteiger partial charge on any atom is 0.111 e. The Hall–Kier alpha value is -1.32.